The van der Waals surface area contributed by atoms with Gasteiger partial charge in [-0.25, -0.2) is 0 Å². The van der Waals surface area contributed by atoms with Gasteiger partial charge >= 0.3 is 0 Å². The summed E-state index contributed by atoms with van der Waals surface area (Å²) < 4.78 is 0. The predicted octanol–water partition coefficient (Wildman–Crippen LogP) is 4.21. The number of hydrogen-bond donors (Lipinski definition) is 0. The molecule has 1 aromatic carbocycles. The van der Waals surface area contributed by atoms with Crippen LogP contribution in [0, 0.1) is 6.92 Å². The molecule has 1 fully saturated rings. The van der Waals surface area contributed by atoms with Crippen LogP contribution in [0.5, 0.6) is 0 Å². The Bertz CT molecular complexity index is 296. The van der Waals surface area contributed by atoms with E-state index in [4.69, 9.17) is 0 Å². The van der Waals surface area contributed by atoms with Gasteiger partial charge in [-0.05, 0) is 24.5 Å². The van der Waals surface area contributed by atoms with E-state index >= 15 is 0 Å². The average molecular weight is 210 g/mol. The van der Waals surface area contributed by atoms with Gasteiger partial charge in [0.2, 0.25) is 0 Å². The molecule has 0 amide bonds. The largest absolute Gasteiger partial charge is 0.0903 e. The summed E-state index contributed by atoms with van der Waals surface area (Å²) in [5, 5.41) is 1.54. The Hall–Kier alpha value is -0.0800. The molecule has 1 aliphatic rings. The lowest BCUT2D eigenvalue weighted by atomic mass is 10.0. The molecule has 0 saturated carbocycles. The van der Waals surface area contributed by atoms with Crippen LogP contribution < -0.4 is 0 Å². The second-order valence-electron chi connectivity index (χ2n) is 3.58. The molecule has 2 heteroatoms. The SMILES string of the molecule is Cc1ccccc1[C@@H]1CC(C)SS1. The van der Waals surface area contributed by atoms with Gasteiger partial charge in [0.1, 0.15) is 0 Å². The summed E-state index contributed by atoms with van der Waals surface area (Å²) in [7, 11) is 4.06. The van der Waals surface area contributed by atoms with Crippen molar-refractivity contribution < 1.29 is 0 Å². The fourth-order valence-corrected chi connectivity index (χ4v) is 4.87. The zero-order valence-corrected chi connectivity index (χ0v) is 9.62. The fourth-order valence-electron chi connectivity index (χ4n) is 1.67. The molecule has 0 aliphatic carbocycles. The van der Waals surface area contributed by atoms with Crippen LogP contribution in [-0.2, 0) is 0 Å². The Balaban J connectivity index is 2.21. The predicted molar refractivity (Wildman–Crippen MR) is 63.2 cm³/mol. The maximum absolute atomic E-state index is 2.32. The quantitative estimate of drug-likeness (QED) is 0.637. The maximum atomic E-state index is 2.32. The Kier molecular flexibility index (Phi) is 2.89. The summed E-state index contributed by atoms with van der Waals surface area (Å²) in [6, 6.07) is 8.75. The lowest BCUT2D eigenvalue weighted by Crippen LogP contribution is -1.96. The van der Waals surface area contributed by atoms with Gasteiger partial charge in [-0.1, -0.05) is 52.8 Å². The number of hydrogen-bond acceptors (Lipinski definition) is 2. The minimum Gasteiger partial charge on any atom is -0.0903 e. The summed E-state index contributed by atoms with van der Waals surface area (Å²) in [5.41, 5.74) is 2.97. The molecule has 0 aromatic heterocycles. The van der Waals surface area contributed by atoms with Gasteiger partial charge in [0.25, 0.3) is 0 Å². The molecule has 70 valence electrons. The summed E-state index contributed by atoms with van der Waals surface area (Å²) in [6.45, 7) is 4.53. The molecule has 0 spiro atoms. The standard InChI is InChI=1S/C11H14S2/c1-8-5-3-4-6-10(8)11-7-9(2)12-13-11/h3-6,9,11H,7H2,1-2H3/t9?,11-/m0/s1. The van der Waals surface area contributed by atoms with Crippen molar-refractivity contribution in [2.24, 2.45) is 0 Å². The third-order valence-corrected chi connectivity index (χ3v) is 5.74. The Morgan fingerprint density at radius 3 is 2.62 bits per heavy atom. The van der Waals surface area contributed by atoms with Crippen LogP contribution in [0.1, 0.15) is 29.7 Å². The summed E-state index contributed by atoms with van der Waals surface area (Å²) in [4.78, 5) is 0. The van der Waals surface area contributed by atoms with Crippen LogP contribution in [-0.4, -0.2) is 5.25 Å². The minimum absolute atomic E-state index is 0.723. The minimum atomic E-state index is 0.723. The first-order chi connectivity index (χ1) is 6.27. The van der Waals surface area contributed by atoms with E-state index in [0.29, 0.717) is 0 Å². The molecule has 2 atom stereocenters. The molecule has 1 aromatic rings. The van der Waals surface area contributed by atoms with E-state index in [9.17, 15) is 0 Å². The van der Waals surface area contributed by atoms with Gasteiger partial charge in [0.15, 0.2) is 0 Å². The maximum Gasteiger partial charge on any atom is 0.0414 e. The fraction of sp³-hybridized carbons (Fsp3) is 0.455. The van der Waals surface area contributed by atoms with E-state index < -0.39 is 0 Å². The zero-order chi connectivity index (χ0) is 9.26. The molecule has 1 aliphatic heterocycles. The Labute approximate surface area is 87.9 Å². The highest BCUT2D eigenvalue weighted by molar-refractivity contribution is 8.77. The van der Waals surface area contributed by atoms with Crippen molar-refractivity contribution in [1.82, 2.24) is 0 Å². The molecule has 1 unspecified atom stereocenters. The lowest BCUT2D eigenvalue weighted by Gasteiger charge is -2.10. The second kappa shape index (κ2) is 3.97. The van der Waals surface area contributed by atoms with Crippen LogP contribution in [0.3, 0.4) is 0 Å². The van der Waals surface area contributed by atoms with Crippen LogP contribution in [0.4, 0.5) is 0 Å². The molecule has 0 N–H and O–H groups in total. The summed E-state index contributed by atoms with van der Waals surface area (Å²) in [6.07, 6.45) is 1.32. The summed E-state index contributed by atoms with van der Waals surface area (Å²) in [5.74, 6) is 0. The molecule has 2 rings (SSSR count). The van der Waals surface area contributed by atoms with Gasteiger partial charge in [-0.15, -0.1) is 0 Å². The van der Waals surface area contributed by atoms with E-state index in [0.717, 1.165) is 10.5 Å². The topological polar surface area (TPSA) is 0 Å². The second-order valence-corrected chi connectivity index (χ2v) is 6.50. The van der Waals surface area contributed by atoms with Crippen molar-refractivity contribution in [1.29, 1.82) is 0 Å². The van der Waals surface area contributed by atoms with Crippen molar-refractivity contribution in [2.45, 2.75) is 30.8 Å². The van der Waals surface area contributed by atoms with E-state index in [1.54, 1.807) is 0 Å². The van der Waals surface area contributed by atoms with Crippen molar-refractivity contribution in [3.8, 4) is 0 Å². The average Bonchev–Trinajstić information content (AvgIpc) is 2.53. The van der Waals surface area contributed by atoms with E-state index in [-0.39, 0.29) is 0 Å². The van der Waals surface area contributed by atoms with Crippen LogP contribution in [0.15, 0.2) is 24.3 Å². The van der Waals surface area contributed by atoms with Gasteiger partial charge in [-0.3, -0.25) is 0 Å². The molecular weight excluding hydrogens is 196 g/mol. The third kappa shape index (κ3) is 2.05. The van der Waals surface area contributed by atoms with E-state index in [2.05, 4.69) is 38.1 Å². The summed E-state index contributed by atoms with van der Waals surface area (Å²) >= 11 is 0. The number of benzene rings is 1. The van der Waals surface area contributed by atoms with Crippen molar-refractivity contribution in [3.63, 3.8) is 0 Å². The molecule has 0 nitrogen and oxygen atoms in total. The highest BCUT2D eigenvalue weighted by atomic mass is 33.1. The van der Waals surface area contributed by atoms with Gasteiger partial charge in [-0.2, -0.15) is 0 Å². The molecule has 1 saturated heterocycles. The first-order valence-electron chi connectivity index (χ1n) is 4.65. The van der Waals surface area contributed by atoms with Crippen LogP contribution in [0.25, 0.3) is 0 Å². The normalized spacial score (nSPS) is 27.8. The Morgan fingerprint density at radius 1 is 1.23 bits per heavy atom. The first kappa shape index (κ1) is 9.47. The molecule has 13 heavy (non-hydrogen) atoms. The monoisotopic (exact) mass is 210 g/mol. The first-order valence-corrected chi connectivity index (χ1v) is 6.92. The number of rotatable bonds is 1. The van der Waals surface area contributed by atoms with E-state index in [1.165, 1.54) is 17.5 Å². The van der Waals surface area contributed by atoms with Crippen molar-refractivity contribution in [2.75, 3.05) is 0 Å². The van der Waals surface area contributed by atoms with Crippen LogP contribution >= 0.6 is 21.6 Å². The third-order valence-electron chi connectivity index (χ3n) is 2.42. The number of aryl methyl sites for hydroxylation is 1. The van der Waals surface area contributed by atoms with Gasteiger partial charge < -0.3 is 0 Å². The zero-order valence-electron chi connectivity index (χ0n) is 7.99. The molecule has 0 radical (unpaired) electrons. The molecule has 0 bridgehead atoms. The van der Waals surface area contributed by atoms with Crippen molar-refractivity contribution in [3.05, 3.63) is 35.4 Å². The van der Waals surface area contributed by atoms with Gasteiger partial charge in [0.05, 0.1) is 0 Å². The van der Waals surface area contributed by atoms with E-state index in [1.807, 2.05) is 21.6 Å². The molecular formula is C11H14S2. The highest BCUT2D eigenvalue weighted by Gasteiger charge is 2.25. The Morgan fingerprint density at radius 2 is 2.00 bits per heavy atom. The van der Waals surface area contributed by atoms with Crippen LogP contribution in [0.2, 0.25) is 0 Å². The molecule has 1 heterocycles. The highest BCUT2D eigenvalue weighted by Crippen LogP contribution is 2.52. The smallest absolute Gasteiger partial charge is 0.0414 e. The van der Waals surface area contributed by atoms with Gasteiger partial charge in [0, 0.05) is 10.5 Å². The lowest BCUT2D eigenvalue weighted by molar-refractivity contribution is 0.808. The van der Waals surface area contributed by atoms with Crippen molar-refractivity contribution >= 4 is 21.6 Å².